The molecule has 0 aromatic carbocycles. The van der Waals surface area contributed by atoms with E-state index in [1.165, 1.54) is 0 Å². The average molecular weight is 314 g/mol. The van der Waals surface area contributed by atoms with Crippen LogP contribution in [0.4, 0.5) is 0 Å². The minimum atomic E-state index is -3.15. The summed E-state index contributed by atoms with van der Waals surface area (Å²) in [6.45, 7) is 0. The van der Waals surface area contributed by atoms with Gasteiger partial charge in [-0.2, -0.15) is 0 Å². The summed E-state index contributed by atoms with van der Waals surface area (Å²) in [6.07, 6.45) is 1.08. The normalized spacial score (nSPS) is 10.5. The first-order chi connectivity index (χ1) is 4.11. The number of aromatic nitrogens is 2. The van der Waals surface area contributed by atoms with Crippen LogP contribution < -0.4 is 0 Å². The summed E-state index contributed by atoms with van der Waals surface area (Å²) in [6, 6.07) is 0. The van der Waals surface area contributed by atoms with Gasteiger partial charge in [0.05, 0.1) is 4.34 Å². The topological polar surface area (TPSA) is 59.9 Å². The van der Waals surface area contributed by atoms with Gasteiger partial charge in [0.15, 0.2) is 0 Å². The van der Waals surface area contributed by atoms with Crippen LogP contribution in [0.2, 0.25) is 0 Å². The van der Waals surface area contributed by atoms with Crippen molar-refractivity contribution in [3.63, 3.8) is 0 Å². The van der Waals surface area contributed by atoms with Crippen LogP contribution in [0.5, 0.6) is 0 Å². The predicted molar refractivity (Wildman–Crippen MR) is 31.9 cm³/mol. The molecule has 1 rings (SSSR count). The maximum atomic E-state index is 10.6. The predicted octanol–water partition coefficient (Wildman–Crippen LogP) is -0.258. The van der Waals surface area contributed by atoms with E-state index in [1.807, 2.05) is 0 Å². The van der Waals surface area contributed by atoms with E-state index in [-0.39, 0.29) is 44.7 Å². The summed E-state index contributed by atoms with van der Waals surface area (Å²) in [5.74, 6) is 0. The van der Waals surface area contributed by atoms with Gasteiger partial charge in [0.25, 0.3) is 0 Å². The minimum absolute atomic E-state index is 0. The van der Waals surface area contributed by atoms with Crippen LogP contribution in [0.3, 0.4) is 0 Å². The third-order valence-electron chi connectivity index (χ3n) is 0.623. The van der Waals surface area contributed by atoms with Gasteiger partial charge in [0, 0.05) is 46.6 Å². The van der Waals surface area contributed by atoms with E-state index in [4.69, 9.17) is 0 Å². The van der Waals surface area contributed by atoms with Gasteiger partial charge in [0.2, 0.25) is 0 Å². The molecule has 0 amide bonds. The van der Waals surface area contributed by atoms with Gasteiger partial charge in [0.1, 0.15) is 9.84 Å². The Morgan fingerprint density at radius 1 is 1.60 bits per heavy atom. The number of hydrogen-bond donors (Lipinski definition) is 0. The summed E-state index contributed by atoms with van der Waals surface area (Å²) in [5, 5.41) is 6.57. The SMILES string of the molecule is CS(=O)(=O)c1nn[c-]s1.[Sm]. The van der Waals surface area contributed by atoms with Crippen molar-refractivity contribution in [3.8, 4) is 0 Å². The average Bonchev–Trinajstić information content (AvgIpc) is 2.08. The smallest absolute Gasteiger partial charge is 0.136 e. The standard InChI is InChI=1S/C3H3N2O2S2.Sm/c1-9(6,7)3-5-4-2-8-3;/h1H3;/q-1;. The third kappa shape index (κ3) is 2.84. The largest absolute Gasteiger partial charge is 0.301 e. The van der Waals surface area contributed by atoms with Gasteiger partial charge in [-0.1, -0.05) is 5.51 Å². The van der Waals surface area contributed by atoms with Crippen LogP contribution >= 0.6 is 11.3 Å². The van der Waals surface area contributed by atoms with E-state index in [0.717, 1.165) is 17.6 Å². The van der Waals surface area contributed by atoms with Gasteiger partial charge in [-0.25, -0.2) is 13.5 Å². The molecular formula is C3H3N2O2S2Sm-. The molecule has 0 unspecified atom stereocenters. The maximum absolute atomic E-state index is 10.6. The molecule has 0 bridgehead atoms. The summed E-state index contributed by atoms with van der Waals surface area (Å²) >= 11 is 0.895. The quantitative estimate of drug-likeness (QED) is 0.671. The van der Waals surface area contributed by atoms with Gasteiger partial charge < -0.3 is 11.3 Å². The van der Waals surface area contributed by atoms with E-state index in [1.54, 1.807) is 0 Å². The second-order valence-electron chi connectivity index (χ2n) is 1.43. The molecule has 1 heterocycles. The fraction of sp³-hybridized carbons (Fsp3) is 0.333. The van der Waals surface area contributed by atoms with Crippen LogP contribution in [-0.4, -0.2) is 24.9 Å². The monoisotopic (exact) mass is 315 g/mol. The van der Waals surface area contributed by atoms with Crippen LogP contribution in [0.25, 0.3) is 0 Å². The zero-order valence-electron chi connectivity index (χ0n) is 4.94. The summed E-state index contributed by atoms with van der Waals surface area (Å²) in [5.41, 5.74) is 2.34. The molecule has 1 aromatic heterocycles. The number of nitrogens with zero attached hydrogens (tertiary/aromatic N) is 2. The number of sulfone groups is 1. The Bertz CT molecular complexity index is 279. The zero-order valence-corrected chi connectivity index (χ0v) is 9.19. The Balaban J connectivity index is 0.000000810. The van der Waals surface area contributed by atoms with Crippen molar-refractivity contribution >= 4 is 21.2 Å². The molecule has 0 N–H and O–H groups in total. The molecule has 0 spiro atoms. The van der Waals surface area contributed by atoms with Gasteiger partial charge >= 0.3 is 0 Å². The van der Waals surface area contributed by atoms with Crippen molar-refractivity contribution in [1.29, 1.82) is 0 Å². The van der Waals surface area contributed by atoms with Crippen molar-refractivity contribution in [2.75, 3.05) is 6.26 Å². The van der Waals surface area contributed by atoms with Crippen molar-refractivity contribution in [1.82, 2.24) is 10.2 Å². The molecule has 0 saturated heterocycles. The van der Waals surface area contributed by atoms with Gasteiger partial charge in [-0.3, -0.25) is 5.10 Å². The van der Waals surface area contributed by atoms with Crippen molar-refractivity contribution in [2.45, 2.75) is 4.34 Å². The molecule has 0 aliphatic heterocycles. The third-order valence-corrected chi connectivity index (χ3v) is 2.93. The van der Waals surface area contributed by atoms with E-state index in [9.17, 15) is 8.42 Å². The Kier molecular flexibility index (Phi) is 4.36. The number of hydrogen-bond acceptors (Lipinski definition) is 5. The Morgan fingerprint density at radius 3 is 2.40 bits per heavy atom. The van der Waals surface area contributed by atoms with Crippen LogP contribution in [0.15, 0.2) is 4.34 Å². The van der Waals surface area contributed by atoms with Crippen LogP contribution in [-0.2, 0) is 9.84 Å². The zero-order chi connectivity index (χ0) is 6.91. The molecule has 0 aliphatic rings. The first-order valence-corrected chi connectivity index (χ1v) is 4.71. The molecule has 0 aliphatic carbocycles. The Labute approximate surface area is 95.1 Å². The first kappa shape index (κ1) is 10.8. The maximum Gasteiger partial charge on any atom is 0.136 e. The van der Waals surface area contributed by atoms with E-state index < -0.39 is 9.84 Å². The molecule has 0 radical (unpaired) electrons. The molecule has 4 nitrogen and oxygen atoms in total. The fourth-order valence-electron chi connectivity index (χ4n) is 0.291. The Hall–Kier alpha value is 0.848. The molecule has 7 heteroatoms. The van der Waals surface area contributed by atoms with Gasteiger partial charge in [-0.15, -0.1) is 0 Å². The summed E-state index contributed by atoms with van der Waals surface area (Å²) in [7, 11) is -3.15. The molecule has 1 aromatic rings. The summed E-state index contributed by atoms with van der Waals surface area (Å²) < 4.78 is 21.2. The van der Waals surface area contributed by atoms with Crippen LogP contribution in [0.1, 0.15) is 0 Å². The van der Waals surface area contributed by atoms with Crippen LogP contribution in [0, 0.1) is 45.9 Å². The second kappa shape index (κ2) is 4.02. The molecule has 0 fully saturated rings. The summed E-state index contributed by atoms with van der Waals surface area (Å²) in [4.78, 5) is 0. The van der Waals surface area contributed by atoms with Gasteiger partial charge in [-0.05, 0) is 0 Å². The number of rotatable bonds is 1. The van der Waals surface area contributed by atoms with Crippen molar-refractivity contribution in [3.05, 3.63) is 5.51 Å². The van der Waals surface area contributed by atoms with E-state index in [0.29, 0.717) is 0 Å². The minimum Gasteiger partial charge on any atom is -0.301 e. The van der Waals surface area contributed by atoms with Crippen molar-refractivity contribution < 1.29 is 48.8 Å². The molecule has 56 valence electrons. The Morgan fingerprint density at radius 2 is 2.20 bits per heavy atom. The first-order valence-electron chi connectivity index (χ1n) is 2.00. The van der Waals surface area contributed by atoms with Crippen molar-refractivity contribution in [2.24, 2.45) is 0 Å². The fourth-order valence-corrected chi connectivity index (χ4v) is 1.44. The van der Waals surface area contributed by atoms with E-state index in [2.05, 4.69) is 15.7 Å². The second-order valence-corrected chi connectivity index (χ2v) is 4.39. The molecular weight excluding hydrogens is 311 g/mol. The molecule has 0 atom stereocenters. The molecule has 0 saturated carbocycles. The van der Waals surface area contributed by atoms with E-state index >= 15 is 0 Å². The molecule has 10 heavy (non-hydrogen) atoms.